The number of benzene rings is 2. The molecule has 0 aliphatic heterocycles. The normalized spacial score (nSPS) is 10.4. The van der Waals surface area contributed by atoms with Crippen molar-refractivity contribution in [3.05, 3.63) is 57.8 Å². The molecule has 0 saturated carbocycles. The Kier molecular flexibility index (Phi) is 4.98. The molecule has 0 aliphatic carbocycles. The fourth-order valence-electron chi connectivity index (χ4n) is 1.73. The third kappa shape index (κ3) is 3.49. The maximum Gasteiger partial charge on any atom is 0.165 e. The molecule has 0 bridgehead atoms. The van der Waals surface area contributed by atoms with Crippen molar-refractivity contribution in [2.75, 3.05) is 7.11 Å². The lowest BCUT2D eigenvalue weighted by molar-refractivity contribution is 0.288. The smallest absolute Gasteiger partial charge is 0.165 e. The maximum atomic E-state index is 13.8. The van der Waals surface area contributed by atoms with Crippen LogP contribution in [0.2, 0.25) is 0 Å². The van der Waals surface area contributed by atoms with Crippen molar-refractivity contribution in [2.24, 2.45) is 5.73 Å². The molecule has 0 atom stereocenters. The molecule has 0 saturated heterocycles. The van der Waals surface area contributed by atoms with E-state index in [0.29, 0.717) is 6.54 Å². The molecule has 0 heterocycles. The monoisotopic (exact) mass is 339 g/mol. The fourth-order valence-corrected chi connectivity index (χ4v) is 2.09. The zero-order chi connectivity index (χ0) is 14.5. The van der Waals surface area contributed by atoms with Gasteiger partial charge in [-0.2, -0.15) is 0 Å². The summed E-state index contributed by atoms with van der Waals surface area (Å²) in [7, 11) is 1.60. The molecule has 3 nitrogen and oxygen atoms in total. The number of halogens is 2. The lowest BCUT2D eigenvalue weighted by Crippen LogP contribution is -2.01. The Bertz CT molecular complexity index is 604. The summed E-state index contributed by atoms with van der Waals surface area (Å²) in [5.41, 5.74) is 7.07. The average molecular weight is 340 g/mol. The van der Waals surface area contributed by atoms with Crippen LogP contribution < -0.4 is 15.2 Å². The summed E-state index contributed by atoms with van der Waals surface area (Å²) < 4.78 is 25.3. The lowest BCUT2D eigenvalue weighted by atomic mass is 10.2. The number of hydrogen-bond donors (Lipinski definition) is 1. The average Bonchev–Trinajstić information content (AvgIpc) is 2.47. The van der Waals surface area contributed by atoms with E-state index in [0.717, 1.165) is 21.3 Å². The van der Waals surface area contributed by atoms with Gasteiger partial charge in [0.05, 0.1) is 7.11 Å². The van der Waals surface area contributed by atoms with E-state index in [9.17, 15) is 4.39 Å². The molecular formula is C15H15BrFNO2. The van der Waals surface area contributed by atoms with Gasteiger partial charge >= 0.3 is 0 Å². The summed E-state index contributed by atoms with van der Waals surface area (Å²) in [4.78, 5) is 0. The van der Waals surface area contributed by atoms with Crippen molar-refractivity contribution in [3.8, 4) is 11.5 Å². The second kappa shape index (κ2) is 6.72. The van der Waals surface area contributed by atoms with E-state index >= 15 is 0 Å². The zero-order valence-electron chi connectivity index (χ0n) is 11.0. The largest absolute Gasteiger partial charge is 0.497 e. The zero-order valence-corrected chi connectivity index (χ0v) is 12.6. The van der Waals surface area contributed by atoms with Crippen LogP contribution in [0.1, 0.15) is 11.1 Å². The van der Waals surface area contributed by atoms with E-state index in [4.69, 9.17) is 15.2 Å². The predicted molar refractivity (Wildman–Crippen MR) is 79.3 cm³/mol. The number of hydrogen-bond acceptors (Lipinski definition) is 3. The Morgan fingerprint density at radius 3 is 2.65 bits per heavy atom. The van der Waals surface area contributed by atoms with Gasteiger partial charge in [-0.15, -0.1) is 0 Å². The second-order valence-electron chi connectivity index (χ2n) is 4.21. The second-order valence-corrected chi connectivity index (χ2v) is 5.07. The molecule has 2 N–H and O–H groups in total. The minimum atomic E-state index is -0.410. The van der Waals surface area contributed by atoms with Crippen molar-refractivity contribution in [1.29, 1.82) is 0 Å². The quantitative estimate of drug-likeness (QED) is 0.904. The molecule has 5 heteroatoms. The third-order valence-corrected chi connectivity index (χ3v) is 3.64. The van der Waals surface area contributed by atoms with Crippen LogP contribution in [0, 0.1) is 5.82 Å². The van der Waals surface area contributed by atoms with Crippen LogP contribution in [-0.2, 0) is 13.2 Å². The first-order valence-corrected chi connectivity index (χ1v) is 6.87. The molecule has 2 rings (SSSR count). The molecule has 0 aliphatic rings. The first-order valence-electron chi connectivity index (χ1n) is 6.07. The van der Waals surface area contributed by atoms with Crippen molar-refractivity contribution < 1.29 is 13.9 Å². The van der Waals surface area contributed by atoms with Crippen LogP contribution in [0.5, 0.6) is 11.5 Å². The van der Waals surface area contributed by atoms with Crippen LogP contribution in [0.4, 0.5) is 4.39 Å². The van der Waals surface area contributed by atoms with Crippen molar-refractivity contribution in [3.63, 3.8) is 0 Å². The van der Waals surface area contributed by atoms with Gasteiger partial charge in [0.25, 0.3) is 0 Å². The van der Waals surface area contributed by atoms with Crippen LogP contribution in [0.25, 0.3) is 0 Å². The topological polar surface area (TPSA) is 44.5 Å². The Morgan fingerprint density at radius 1 is 1.20 bits per heavy atom. The summed E-state index contributed by atoms with van der Waals surface area (Å²) in [6.45, 7) is 0.551. The Morgan fingerprint density at radius 2 is 2.00 bits per heavy atom. The highest BCUT2D eigenvalue weighted by Gasteiger charge is 2.07. The summed E-state index contributed by atoms with van der Waals surface area (Å²) >= 11 is 3.43. The fraction of sp³-hybridized carbons (Fsp3) is 0.200. The van der Waals surface area contributed by atoms with Crippen molar-refractivity contribution >= 4 is 15.9 Å². The molecule has 0 amide bonds. The lowest BCUT2D eigenvalue weighted by Gasteiger charge is -2.11. The van der Waals surface area contributed by atoms with E-state index in [1.165, 1.54) is 6.07 Å². The van der Waals surface area contributed by atoms with Gasteiger partial charge in [-0.25, -0.2) is 4.39 Å². The van der Waals surface area contributed by atoms with Gasteiger partial charge in [-0.1, -0.05) is 22.0 Å². The van der Waals surface area contributed by atoms with Gasteiger partial charge in [0.15, 0.2) is 11.6 Å². The van der Waals surface area contributed by atoms with Gasteiger partial charge in [0, 0.05) is 16.6 Å². The van der Waals surface area contributed by atoms with Crippen LogP contribution in [-0.4, -0.2) is 7.11 Å². The molecule has 0 radical (unpaired) electrons. The first kappa shape index (κ1) is 14.8. The molecule has 2 aromatic rings. The third-order valence-electron chi connectivity index (χ3n) is 2.87. The van der Waals surface area contributed by atoms with E-state index < -0.39 is 5.82 Å². The van der Waals surface area contributed by atoms with Gasteiger partial charge in [0.1, 0.15) is 12.4 Å². The molecule has 0 unspecified atom stereocenters. The van der Waals surface area contributed by atoms with Gasteiger partial charge in [0.2, 0.25) is 0 Å². The molecule has 2 aromatic carbocycles. The van der Waals surface area contributed by atoms with E-state index in [1.54, 1.807) is 19.2 Å². The minimum absolute atomic E-state index is 0.205. The summed E-state index contributed by atoms with van der Waals surface area (Å²) in [6.07, 6.45) is 0. The Balaban J connectivity index is 2.12. The van der Waals surface area contributed by atoms with E-state index in [-0.39, 0.29) is 12.4 Å². The molecule has 20 heavy (non-hydrogen) atoms. The predicted octanol–water partition coefficient (Wildman–Crippen LogP) is 3.63. The summed E-state index contributed by atoms with van der Waals surface area (Å²) in [5, 5.41) is 0. The molecule has 0 fully saturated rings. The van der Waals surface area contributed by atoms with E-state index in [2.05, 4.69) is 15.9 Å². The maximum absolute atomic E-state index is 13.8. The number of ether oxygens (including phenoxy) is 2. The van der Waals surface area contributed by atoms with Crippen LogP contribution >= 0.6 is 15.9 Å². The first-order chi connectivity index (χ1) is 9.63. The van der Waals surface area contributed by atoms with E-state index in [1.807, 2.05) is 18.2 Å². The van der Waals surface area contributed by atoms with Gasteiger partial charge in [-0.3, -0.25) is 0 Å². The number of nitrogens with two attached hydrogens (primary N) is 1. The highest BCUT2D eigenvalue weighted by Crippen LogP contribution is 2.25. The minimum Gasteiger partial charge on any atom is -0.497 e. The van der Waals surface area contributed by atoms with Crippen molar-refractivity contribution in [1.82, 2.24) is 0 Å². The summed E-state index contributed by atoms with van der Waals surface area (Å²) in [6, 6.07) is 10.3. The standard InChI is InChI=1S/C15H15BrFNO2/c1-19-12-3-4-13(16)11(7-12)9-20-15-5-2-10(8-18)6-14(15)17/h2-7H,8-9,18H2,1H3. The number of methoxy groups -OCH3 is 1. The highest BCUT2D eigenvalue weighted by atomic mass is 79.9. The van der Waals surface area contributed by atoms with Gasteiger partial charge in [-0.05, 0) is 35.9 Å². The molecule has 0 spiro atoms. The molecular weight excluding hydrogens is 325 g/mol. The SMILES string of the molecule is COc1ccc(Br)c(COc2ccc(CN)cc2F)c1. The Hall–Kier alpha value is -1.59. The Labute approximate surface area is 125 Å². The molecule has 106 valence electrons. The highest BCUT2D eigenvalue weighted by molar-refractivity contribution is 9.10. The number of rotatable bonds is 5. The van der Waals surface area contributed by atoms with Gasteiger partial charge < -0.3 is 15.2 Å². The van der Waals surface area contributed by atoms with Crippen LogP contribution in [0.3, 0.4) is 0 Å². The summed E-state index contributed by atoms with van der Waals surface area (Å²) in [5.74, 6) is 0.523. The van der Waals surface area contributed by atoms with Crippen molar-refractivity contribution in [2.45, 2.75) is 13.2 Å². The van der Waals surface area contributed by atoms with Crippen LogP contribution in [0.15, 0.2) is 40.9 Å². The molecule has 0 aromatic heterocycles.